The first-order valence-electron chi connectivity index (χ1n) is 8.72. The predicted octanol–water partition coefficient (Wildman–Crippen LogP) is 3.43. The molecule has 3 aromatic rings. The van der Waals surface area contributed by atoms with E-state index in [1.807, 2.05) is 6.07 Å². The fourth-order valence-corrected chi connectivity index (χ4v) is 4.64. The zero-order chi connectivity index (χ0) is 19.5. The number of amides is 1. The molecule has 0 saturated heterocycles. The molecule has 0 bridgehead atoms. The first kappa shape index (κ1) is 18.7. The Morgan fingerprint density at radius 1 is 1.36 bits per heavy atom. The Bertz CT molecular complexity index is 1110. The number of aromatic nitrogens is 2. The minimum atomic E-state index is -0.341. The number of hydrogen-bond donors (Lipinski definition) is 1. The summed E-state index contributed by atoms with van der Waals surface area (Å²) < 4.78 is 11.7. The van der Waals surface area contributed by atoms with E-state index >= 15 is 0 Å². The number of nitrogens with zero attached hydrogens (tertiary/aromatic N) is 2. The summed E-state index contributed by atoms with van der Waals surface area (Å²) in [6.07, 6.45) is 4.40. The fraction of sp³-hybridized carbons (Fsp3) is 0.263. The molecule has 0 fully saturated rings. The van der Waals surface area contributed by atoms with E-state index in [1.54, 1.807) is 18.2 Å². The lowest BCUT2D eigenvalue weighted by molar-refractivity contribution is -0.118. The van der Waals surface area contributed by atoms with E-state index in [1.165, 1.54) is 23.1 Å². The van der Waals surface area contributed by atoms with Crippen molar-refractivity contribution in [3.05, 3.63) is 52.4 Å². The van der Waals surface area contributed by atoms with Crippen LogP contribution >= 0.6 is 23.1 Å². The molecule has 0 atom stereocenters. The Morgan fingerprint density at radius 3 is 3.07 bits per heavy atom. The standard InChI is InChI=1S/C19H17N3O4S2/c1-2-8-27-19-22-21-18(28-19)20-16(23)10-25-11-6-7-13-12-4-3-5-14(12)17(24)26-15(13)9-11/h2,6-7,9H,1,3-5,8,10H2,(H,20,21,23). The van der Waals surface area contributed by atoms with E-state index in [9.17, 15) is 9.59 Å². The molecule has 0 saturated carbocycles. The maximum absolute atomic E-state index is 12.1. The van der Waals surface area contributed by atoms with Gasteiger partial charge in [-0.1, -0.05) is 29.2 Å². The number of aryl methyl sites for hydroxylation is 1. The third-order valence-corrected chi connectivity index (χ3v) is 6.26. The number of carbonyl (C=O) groups excluding carboxylic acids is 1. The van der Waals surface area contributed by atoms with Crippen LogP contribution in [0, 0.1) is 0 Å². The molecule has 7 nitrogen and oxygen atoms in total. The van der Waals surface area contributed by atoms with Crippen molar-refractivity contribution >= 4 is 45.1 Å². The van der Waals surface area contributed by atoms with Gasteiger partial charge in [0.05, 0.1) is 0 Å². The molecule has 2 heterocycles. The number of anilines is 1. The Labute approximate surface area is 168 Å². The maximum Gasteiger partial charge on any atom is 0.339 e. The monoisotopic (exact) mass is 415 g/mol. The van der Waals surface area contributed by atoms with Crippen molar-refractivity contribution < 1.29 is 13.9 Å². The van der Waals surface area contributed by atoms with Crippen LogP contribution < -0.4 is 15.7 Å². The maximum atomic E-state index is 12.1. The van der Waals surface area contributed by atoms with E-state index in [0.29, 0.717) is 16.5 Å². The van der Waals surface area contributed by atoms with E-state index in [4.69, 9.17) is 9.15 Å². The molecule has 1 aliphatic rings. The first-order valence-corrected chi connectivity index (χ1v) is 10.5. The van der Waals surface area contributed by atoms with E-state index in [0.717, 1.165) is 45.9 Å². The lowest BCUT2D eigenvalue weighted by Gasteiger charge is -2.08. The van der Waals surface area contributed by atoms with Gasteiger partial charge in [-0.15, -0.1) is 16.8 Å². The number of benzene rings is 1. The van der Waals surface area contributed by atoms with Crippen LogP contribution in [0.25, 0.3) is 11.0 Å². The number of hydrogen-bond acceptors (Lipinski definition) is 8. The highest BCUT2D eigenvalue weighted by Gasteiger charge is 2.19. The molecule has 0 unspecified atom stereocenters. The highest BCUT2D eigenvalue weighted by Crippen LogP contribution is 2.29. The zero-order valence-electron chi connectivity index (χ0n) is 14.9. The lowest BCUT2D eigenvalue weighted by Crippen LogP contribution is -2.20. The summed E-state index contributed by atoms with van der Waals surface area (Å²) in [4.78, 5) is 24.2. The van der Waals surface area contributed by atoms with E-state index < -0.39 is 0 Å². The number of ether oxygens (including phenoxy) is 1. The summed E-state index contributed by atoms with van der Waals surface area (Å²) in [5.41, 5.74) is 2.05. The molecule has 2 aromatic heterocycles. The Balaban J connectivity index is 1.40. The molecular weight excluding hydrogens is 398 g/mol. The fourth-order valence-electron chi connectivity index (χ4n) is 3.11. The Hall–Kier alpha value is -2.65. The van der Waals surface area contributed by atoms with Crippen molar-refractivity contribution in [2.75, 3.05) is 17.7 Å². The molecule has 1 N–H and O–H groups in total. The third kappa shape index (κ3) is 3.95. The van der Waals surface area contributed by atoms with Crippen LogP contribution in [0.4, 0.5) is 5.13 Å². The zero-order valence-corrected chi connectivity index (χ0v) is 16.5. The summed E-state index contributed by atoms with van der Waals surface area (Å²) in [5, 5.41) is 11.9. The van der Waals surface area contributed by atoms with Crippen LogP contribution in [-0.4, -0.2) is 28.5 Å². The van der Waals surface area contributed by atoms with Gasteiger partial charge in [-0.05, 0) is 37.0 Å². The van der Waals surface area contributed by atoms with Crippen molar-refractivity contribution in [1.82, 2.24) is 10.2 Å². The number of fused-ring (bicyclic) bond motifs is 3. The summed E-state index contributed by atoms with van der Waals surface area (Å²) >= 11 is 2.79. The molecule has 9 heteroatoms. The Morgan fingerprint density at radius 2 is 2.21 bits per heavy atom. The number of nitrogens with one attached hydrogen (secondary N) is 1. The van der Waals surface area contributed by atoms with Gasteiger partial charge in [0.25, 0.3) is 5.91 Å². The number of rotatable bonds is 7. The summed E-state index contributed by atoms with van der Waals surface area (Å²) in [6, 6.07) is 5.31. The van der Waals surface area contributed by atoms with Crippen LogP contribution in [0.5, 0.6) is 5.75 Å². The second-order valence-electron chi connectivity index (χ2n) is 6.17. The van der Waals surface area contributed by atoms with Crippen molar-refractivity contribution in [2.45, 2.75) is 23.6 Å². The number of carbonyl (C=O) groups is 1. The highest BCUT2D eigenvalue weighted by molar-refractivity contribution is 8.01. The van der Waals surface area contributed by atoms with Gasteiger partial charge >= 0.3 is 5.63 Å². The molecule has 28 heavy (non-hydrogen) atoms. The number of thioether (sulfide) groups is 1. The normalized spacial score (nSPS) is 12.7. The van der Waals surface area contributed by atoms with Crippen LogP contribution in [0.3, 0.4) is 0 Å². The van der Waals surface area contributed by atoms with Gasteiger partial charge in [0, 0.05) is 22.8 Å². The van der Waals surface area contributed by atoms with E-state index in [2.05, 4.69) is 22.1 Å². The predicted molar refractivity (Wildman–Crippen MR) is 109 cm³/mol. The van der Waals surface area contributed by atoms with Gasteiger partial charge in [-0.2, -0.15) is 0 Å². The Kier molecular flexibility index (Phi) is 5.45. The van der Waals surface area contributed by atoms with Crippen LogP contribution in [0.1, 0.15) is 17.5 Å². The van der Waals surface area contributed by atoms with Gasteiger partial charge in [0.2, 0.25) is 5.13 Å². The molecule has 4 rings (SSSR count). The molecule has 1 amide bonds. The second kappa shape index (κ2) is 8.15. The van der Waals surface area contributed by atoms with Crippen molar-refractivity contribution in [3.8, 4) is 5.75 Å². The quantitative estimate of drug-likeness (QED) is 0.273. The molecule has 1 aliphatic carbocycles. The minimum absolute atomic E-state index is 0.185. The summed E-state index contributed by atoms with van der Waals surface area (Å²) in [6.45, 7) is 3.46. The van der Waals surface area contributed by atoms with Crippen molar-refractivity contribution in [2.24, 2.45) is 0 Å². The molecular formula is C19H17N3O4S2. The highest BCUT2D eigenvalue weighted by atomic mass is 32.2. The largest absolute Gasteiger partial charge is 0.484 e. The lowest BCUT2D eigenvalue weighted by atomic mass is 10.1. The first-order chi connectivity index (χ1) is 13.6. The van der Waals surface area contributed by atoms with Gasteiger partial charge in [0.15, 0.2) is 10.9 Å². The molecule has 0 aliphatic heterocycles. The van der Waals surface area contributed by atoms with E-state index in [-0.39, 0.29) is 18.1 Å². The minimum Gasteiger partial charge on any atom is -0.484 e. The second-order valence-corrected chi connectivity index (χ2v) is 8.41. The van der Waals surface area contributed by atoms with Gasteiger partial charge < -0.3 is 9.15 Å². The molecule has 0 radical (unpaired) electrons. The molecule has 1 aromatic carbocycles. The van der Waals surface area contributed by atoms with Gasteiger partial charge in [-0.3, -0.25) is 10.1 Å². The topological polar surface area (TPSA) is 94.3 Å². The average molecular weight is 415 g/mol. The summed E-state index contributed by atoms with van der Waals surface area (Å²) in [7, 11) is 0. The van der Waals surface area contributed by atoms with Crippen LogP contribution in [0.2, 0.25) is 0 Å². The molecule has 144 valence electrons. The smallest absolute Gasteiger partial charge is 0.339 e. The average Bonchev–Trinajstić information content (AvgIpc) is 3.34. The SMILES string of the molecule is C=CCSc1nnc(NC(=O)COc2ccc3c4c(c(=O)oc3c2)CCC4)s1. The van der Waals surface area contributed by atoms with Gasteiger partial charge in [0.1, 0.15) is 11.3 Å². The van der Waals surface area contributed by atoms with Crippen molar-refractivity contribution in [3.63, 3.8) is 0 Å². The third-order valence-electron chi connectivity index (χ3n) is 4.29. The summed E-state index contributed by atoms with van der Waals surface area (Å²) in [5.74, 6) is 0.850. The molecule has 0 spiro atoms. The van der Waals surface area contributed by atoms with Crippen LogP contribution in [0.15, 0.2) is 44.4 Å². The van der Waals surface area contributed by atoms with Gasteiger partial charge in [-0.25, -0.2) is 4.79 Å². The van der Waals surface area contributed by atoms with Crippen LogP contribution in [-0.2, 0) is 17.6 Å². The van der Waals surface area contributed by atoms with Crippen molar-refractivity contribution in [1.29, 1.82) is 0 Å².